The van der Waals surface area contributed by atoms with Crippen LogP contribution in [0.25, 0.3) is 10.8 Å². The van der Waals surface area contributed by atoms with Gasteiger partial charge in [-0.25, -0.2) is 0 Å². The van der Waals surface area contributed by atoms with Crippen molar-refractivity contribution in [2.24, 2.45) is 0 Å². The lowest BCUT2D eigenvalue weighted by molar-refractivity contribution is 0.102. The van der Waals surface area contributed by atoms with Crippen LogP contribution in [0.15, 0.2) is 36.4 Å². The molecule has 0 atom stereocenters. The van der Waals surface area contributed by atoms with E-state index >= 15 is 0 Å². The Balaban J connectivity index is 1.49. The van der Waals surface area contributed by atoms with Crippen LogP contribution in [0.4, 0.5) is 5.82 Å². The number of aromatic nitrogens is 2. The highest BCUT2D eigenvalue weighted by atomic mass is 16.1. The first-order valence-corrected chi connectivity index (χ1v) is 8.79. The Morgan fingerprint density at radius 1 is 1.12 bits per heavy atom. The largest absolute Gasteiger partial charge is 0.305 e. The van der Waals surface area contributed by atoms with E-state index in [0.717, 1.165) is 49.1 Å². The van der Waals surface area contributed by atoms with Gasteiger partial charge in [0.15, 0.2) is 5.82 Å². The molecule has 2 aromatic carbocycles. The number of hydrogen-bond donors (Lipinski definition) is 1. The normalized spacial score (nSPS) is 16.2. The van der Waals surface area contributed by atoms with Gasteiger partial charge < -0.3 is 5.32 Å². The van der Waals surface area contributed by atoms with Crippen LogP contribution >= 0.6 is 0 Å². The summed E-state index contributed by atoms with van der Waals surface area (Å²) in [6.45, 7) is 2.71. The number of amides is 1. The van der Waals surface area contributed by atoms with Crippen LogP contribution in [-0.2, 0) is 25.9 Å². The summed E-state index contributed by atoms with van der Waals surface area (Å²) in [7, 11) is 2.10. The second-order valence-electron chi connectivity index (χ2n) is 7.05. The highest BCUT2D eigenvalue weighted by Crippen LogP contribution is 2.33. The van der Waals surface area contributed by atoms with E-state index in [1.807, 2.05) is 16.8 Å². The molecular weight excluding hydrogens is 312 g/mol. The highest BCUT2D eigenvalue weighted by Gasteiger charge is 2.20. The molecule has 5 rings (SSSR count). The van der Waals surface area contributed by atoms with E-state index in [2.05, 4.69) is 46.6 Å². The molecule has 0 saturated carbocycles. The van der Waals surface area contributed by atoms with Crippen LogP contribution in [0.5, 0.6) is 0 Å². The number of carbonyl (C=O) groups is 1. The van der Waals surface area contributed by atoms with Crippen molar-refractivity contribution in [3.05, 3.63) is 58.8 Å². The lowest BCUT2D eigenvalue weighted by Crippen LogP contribution is -2.30. The number of rotatable bonds is 2. The van der Waals surface area contributed by atoms with Crippen molar-refractivity contribution in [3.8, 4) is 0 Å². The van der Waals surface area contributed by atoms with Gasteiger partial charge >= 0.3 is 0 Å². The minimum absolute atomic E-state index is 0.0839. The average Bonchev–Trinajstić information content (AvgIpc) is 3.20. The van der Waals surface area contributed by atoms with E-state index in [9.17, 15) is 4.79 Å². The number of carbonyl (C=O) groups excluding carboxylic acids is 1. The Labute approximate surface area is 146 Å². The number of anilines is 1. The minimum Gasteiger partial charge on any atom is -0.305 e. The van der Waals surface area contributed by atoms with Crippen LogP contribution < -0.4 is 5.32 Å². The molecular formula is C20H20N4O. The van der Waals surface area contributed by atoms with E-state index in [1.165, 1.54) is 16.5 Å². The lowest BCUT2D eigenvalue weighted by atomic mass is 9.99. The van der Waals surface area contributed by atoms with Crippen molar-refractivity contribution < 1.29 is 4.79 Å². The van der Waals surface area contributed by atoms with Crippen molar-refractivity contribution in [1.29, 1.82) is 0 Å². The van der Waals surface area contributed by atoms with Gasteiger partial charge in [-0.1, -0.05) is 24.3 Å². The Morgan fingerprint density at radius 2 is 1.96 bits per heavy atom. The fourth-order valence-corrected chi connectivity index (χ4v) is 4.09. The third-order valence-electron chi connectivity index (χ3n) is 5.35. The maximum absolute atomic E-state index is 12.9. The fraction of sp³-hybridized carbons (Fsp3) is 0.300. The van der Waals surface area contributed by atoms with Gasteiger partial charge in [-0.2, -0.15) is 5.10 Å². The van der Waals surface area contributed by atoms with Gasteiger partial charge in [0.05, 0.1) is 12.2 Å². The fourth-order valence-electron chi connectivity index (χ4n) is 4.09. The molecule has 0 radical (unpaired) electrons. The molecule has 5 nitrogen and oxygen atoms in total. The second-order valence-corrected chi connectivity index (χ2v) is 7.05. The Bertz CT molecular complexity index is 994. The van der Waals surface area contributed by atoms with Crippen molar-refractivity contribution >= 4 is 22.5 Å². The Kier molecular flexibility index (Phi) is 3.18. The predicted molar refractivity (Wildman–Crippen MR) is 97.9 cm³/mol. The minimum atomic E-state index is -0.0839. The summed E-state index contributed by atoms with van der Waals surface area (Å²) < 4.78 is 1.99. The summed E-state index contributed by atoms with van der Waals surface area (Å²) in [5.74, 6) is 0.554. The van der Waals surface area contributed by atoms with Gasteiger partial charge in [-0.05, 0) is 47.9 Å². The monoisotopic (exact) mass is 332 g/mol. The summed E-state index contributed by atoms with van der Waals surface area (Å²) in [6.07, 6.45) is 2.14. The number of likely N-dealkylation sites (N-methyl/N-ethyl adjacent to an activating group) is 1. The zero-order valence-electron chi connectivity index (χ0n) is 14.2. The maximum atomic E-state index is 12.9. The predicted octanol–water partition coefficient (Wildman–Crippen LogP) is 2.83. The zero-order valence-corrected chi connectivity index (χ0v) is 14.2. The smallest absolute Gasteiger partial charge is 0.257 e. The molecule has 1 N–H and O–H groups in total. The molecule has 5 heteroatoms. The summed E-state index contributed by atoms with van der Waals surface area (Å²) >= 11 is 0. The van der Waals surface area contributed by atoms with Crippen molar-refractivity contribution in [2.75, 3.05) is 18.9 Å². The molecule has 0 fully saturated rings. The van der Waals surface area contributed by atoms with E-state index in [1.54, 1.807) is 0 Å². The third kappa shape index (κ3) is 2.35. The van der Waals surface area contributed by atoms with Crippen molar-refractivity contribution in [1.82, 2.24) is 14.7 Å². The summed E-state index contributed by atoms with van der Waals surface area (Å²) in [4.78, 5) is 15.1. The quantitative estimate of drug-likeness (QED) is 0.785. The van der Waals surface area contributed by atoms with Crippen molar-refractivity contribution in [2.45, 2.75) is 25.9 Å². The molecule has 0 bridgehead atoms. The van der Waals surface area contributed by atoms with Gasteiger partial charge in [0.1, 0.15) is 0 Å². The molecule has 3 aromatic rings. The molecule has 1 aliphatic carbocycles. The third-order valence-corrected chi connectivity index (χ3v) is 5.35. The zero-order chi connectivity index (χ0) is 17.0. The number of aryl methyl sites for hydroxylation is 2. The molecule has 2 aliphatic rings. The standard InChI is InChI=1S/C20H20N4O/c1-23-9-10-24-15(12-23)11-18(22-24)21-20(25)17-8-7-14-6-5-13-3-2-4-16(17)19(13)14/h2-4,7-8,11H,5-6,9-10,12H2,1H3,(H,21,22,25). The number of hydrogen-bond acceptors (Lipinski definition) is 3. The van der Waals surface area contributed by atoms with Gasteiger partial charge in [-0.15, -0.1) is 0 Å². The molecule has 25 heavy (non-hydrogen) atoms. The number of nitrogens with one attached hydrogen (secondary N) is 1. The van der Waals surface area contributed by atoms with Crippen LogP contribution in [0.2, 0.25) is 0 Å². The topological polar surface area (TPSA) is 50.2 Å². The van der Waals surface area contributed by atoms with Gasteiger partial charge in [0, 0.05) is 24.7 Å². The molecule has 0 unspecified atom stereocenters. The lowest BCUT2D eigenvalue weighted by Gasteiger charge is -2.22. The number of nitrogens with zero attached hydrogens (tertiary/aromatic N) is 3. The van der Waals surface area contributed by atoms with Gasteiger partial charge in [0.25, 0.3) is 5.91 Å². The van der Waals surface area contributed by atoms with E-state index in [0.29, 0.717) is 5.82 Å². The van der Waals surface area contributed by atoms with Crippen LogP contribution in [-0.4, -0.2) is 34.2 Å². The summed E-state index contributed by atoms with van der Waals surface area (Å²) in [5, 5.41) is 9.84. The number of benzene rings is 2. The Hall–Kier alpha value is -2.66. The first-order valence-electron chi connectivity index (χ1n) is 8.79. The SMILES string of the molecule is CN1CCn2nc(NC(=O)c3ccc4c5c(cccc35)CC4)cc2C1. The molecule has 126 valence electrons. The van der Waals surface area contributed by atoms with Crippen LogP contribution in [0.1, 0.15) is 27.2 Å². The van der Waals surface area contributed by atoms with E-state index < -0.39 is 0 Å². The highest BCUT2D eigenvalue weighted by molar-refractivity contribution is 6.14. The molecule has 2 heterocycles. The van der Waals surface area contributed by atoms with Gasteiger partial charge in [-0.3, -0.25) is 14.4 Å². The maximum Gasteiger partial charge on any atom is 0.257 e. The van der Waals surface area contributed by atoms with Crippen LogP contribution in [0, 0.1) is 0 Å². The molecule has 1 amide bonds. The molecule has 1 aromatic heterocycles. The second kappa shape index (κ2) is 5.43. The molecule has 0 saturated heterocycles. The summed E-state index contributed by atoms with van der Waals surface area (Å²) in [5.41, 5.74) is 4.57. The van der Waals surface area contributed by atoms with Crippen LogP contribution in [0.3, 0.4) is 0 Å². The molecule has 1 aliphatic heterocycles. The molecule has 0 spiro atoms. The van der Waals surface area contributed by atoms with E-state index in [-0.39, 0.29) is 5.91 Å². The van der Waals surface area contributed by atoms with E-state index in [4.69, 9.17) is 0 Å². The number of fused-ring (bicyclic) bond motifs is 1. The van der Waals surface area contributed by atoms with Gasteiger partial charge in [0.2, 0.25) is 0 Å². The Morgan fingerprint density at radius 3 is 2.84 bits per heavy atom. The average molecular weight is 332 g/mol. The first-order chi connectivity index (χ1) is 12.2. The summed E-state index contributed by atoms with van der Waals surface area (Å²) in [6, 6.07) is 12.3. The van der Waals surface area contributed by atoms with Crippen molar-refractivity contribution in [3.63, 3.8) is 0 Å². The first kappa shape index (κ1) is 14.7.